The first-order valence-electron chi connectivity index (χ1n) is 3.84. The van der Waals surface area contributed by atoms with Gasteiger partial charge in [-0.2, -0.15) is 0 Å². The largest absolute Gasteiger partial charge is 0.345 e. The van der Waals surface area contributed by atoms with E-state index < -0.39 is 0 Å². The number of aromatic nitrogens is 1. The molecule has 0 bridgehead atoms. The summed E-state index contributed by atoms with van der Waals surface area (Å²) >= 11 is 0. The van der Waals surface area contributed by atoms with Crippen LogP contribution in [0, 0.1) is 5.92 Å². The van der Waals surface area contributed by atoms with Crippen LogP contribution < -0.4 is 0 Å². The molecule has 2 nitrogen and oxygen atoms in total. The second-order valence-electron chi connectivity index (χ2n) is 3.10. The van der Waals surface area contributed by atoms with Gasteiger partial charge in [-0.3, -0.25) is 4.79 Å². The van der Waals surface area contributed by atoms with Crippen LogP contribution in [0.15, 0.2) is 18.3 Å². The summed E-state index contributed by atoms with van der Waals surface area (Å²) in [6.07, 6.45) is 2.83. The van der Waals surface area contributed by atoms with Crippen molar-refractivity contribution in [1.29, 1.82) is 0 Å². The zero-order valence-corrected chi connectivity index (χ0v) is 6.95. The predicted molar refractivity (Wildman–Crippen MR) is 44.7 cm³/mol. The molecule has 0 fully saturated rings. The molecule has 2 heteroatoms. The first kappa shape index (κ1) is 8.05. The number of carbonyl (C=O) groups excluding carboxylic acids is 1. The second-order valence-corrected chi connectivity index (χ2v) is 3.10. The Labute approximate surface area is 66.8 Å². The molecule has 1 rings (SSSR count). The SMILES string of the molecule is CC(C)Cn1cccc1C=O. The maximum Gasteiger partial charge on any atom is 0.166 e. The zero-order chi connectivity index (χ0) is 8.27. The van der Waals surface area contributed by atoms with E-state index in [2.05, 4.69) is 13.8 Å². The quantitative estimate of drug-likeness (QED) is 0.605. The monoisotopic (exact) mass is 151 g/mol. The van der Waals surface area contributed by atoms with E-state index in [0.29, 0.717) is 5.92 Å². The zero-order valence-electron chi connectivity index (χ0n) is 6.95. The third-order valence-corrected chi connectivity index (χ3v) is 1.55. The molecule has 0 aliphatic heterocycles. The summed E-state index contributed by atoms with van der Waals surface area (Å²) in [5, 5.41) is 0. The molecule has 0 amide bonds. The Bertz CT molecular complexity index is 237. The van der Waals surface area contributed by atoms with E-state index in [0.717, 1.165) is 18.5 Å². The van der Waals surface area contributed by atoms with Crippen molar-refractivity contribution in [1.82, 2.24) is 4.57 Å². The summed E-state index contributed by atoms with van der Waals surface area (Å²) in [6, 6.07) is 3.72. The first-order valence-corrected chi connectivity index (χ1v) is 3.84. The number of nitrogens with zero attached hydrogens (tertiary/aromatic N) is 1. The summed E-state index contributed by atoms with van der Waals surface area (Å²) in [5.74, 6) is 0.584. The Balaban J connectivity index is 2.76. The molecule has 0 saturated carbocycles. The lowest BCUT2D eigenvalue weighted by atomic mass is 10.2. The van der Waals surface area contributed by atoms with Gasteiger partial charge < -0.3 is 4.57 Å². The standard InChI is InChI=1S/C9H13NO/c1-8(2)6-10-5-3-4-9(10)7-11/h3-5,7-8H,6H2,1-2H3. The van der Waals surface area contributed by atoms with Gasteiger partial charge in [-0.1, -0.05) is 13.8 Å². The van der Waals surface area contributed by atoms with Crippen molar-refractivity contribution in [2.75, 3.05) is 0 Å². The van der Waals surface area contributed by atoms with E-state index in [1.165, 1.54) is 0 Å². The summed E-state index contributed by atoms with van der Waals surface area (Å²) < 4.78 is 1.97. The first-order chi connectivity index (χ1) is 5.24. The minimum Gasteiger partial charge on any atom is -0.345 e. The van der Waals surface area contributed by atoms with Crippen molar-refractivity contribution < 1.29 is 4.79 Å². The Hall–Kier alpha value is -1.05. The van der Waals surface area contributed by atoms with Gasteiger partial charge in [0.2, 0.25) is 0 Å². The van der Waals surface area contributed by atoms with Gasteiger partial charge in [0.25, 0.3) is 0 Å². The molecule has 1 heterocycles. The van der Waals surface area contributed by atoms with Crippen molar-refractivity contribution in [2.24, 2.45) is 5.92 Å². The molecule has 0 atom stereocenters. The third kappa shape index (κ3) is 1.93. The molecule has 60 valence electrons. The highest BCUT2D eigenvalue weighted by Crippen LogP contribution is 2.03. The summed E-state index contributed by atoms with van der Waals surface area (Å²) in [4.78, 5) is 10.4. The molecule has 11 heavy (non-hydrogen) atoms. The lowest BCUT2D eigenvalue weighted by Crippen LogP contribution is -2.05. The van der Waals surface area contributed by atoms with Crippen LogP contribution in [0.1, 0.15) is 24.3 Å². The van der Waals surface area contributed by atoms with Crippen LogP contribution in [0.4, 0.5) is 0 Å². The fraction of sp³-hybridized carbons (Fsp3) is 0.444. The van der Waals surface area contributed by atoms with E-state index in [4.69, 9.17) is 0 Å². The lowest BCUT2D eigenvalue weighted by molar-refractivity contribution is 0.111. The average Bonchev–Trinajstić information content (AvgIpc) is 2.34. The Kier molecular flexibility index (Phi) is 2.47. The minimum atomic E-state index is 0.584. The van der Waals surface area contributed by atoms with Crippen LogP contribution in [0.2, 0.25) is 0 Å². The Morgan fingerprint density at radius 1 is 1.64 bits per heavy atom. The molecule has 0 saturated heterocycles. The van der Waals surface area contributed by atoms with Gasteiger partial charge in [0, 0.05) is 12.7 Å². The van der Waals surface area contributed by atoms with Crippen LogP contribution in [0.25, 0.3) is 0 Å². The Morgan fingerprint density at radius 2 is 2.36 bits per heavy atom. The fourth-order valence-corrected chi connectivity index (χ4v) is 1.09. The van der Waals surface area contributed by atoms with Crippen molar-refractivity contribution >= 4 is 6.29 Å². The fourth-order valence-electron chi connectivity index (χ4n) is 1.09. The van der Waals surface area contributed by atoms with Crippen LogP contribution in [0.5, 0.6) is 0 Å². The van der Waals surface area contributed by atoms with E-state index in [1.807, 2.05) is 22.9 Å². The molecule has 0 aliphatic rings. The number of hydrogen-bond donors (Lipinski definition) is 0. The molecule has 0 aromatic carbocycles. The number of carbonyl (C=O) groups is 1. The minimum absolute atomic E-state index is 0.584. The highest BCUT2D eigenvalue weighted by Gasteiger charge is 2.00. The molecule has 0 unspecified atom stereocenters. The van der Waals surface area contributed by atoms with Crippen LogP contribution in [0.3, 0.4) is 0 Å². The summed E-state index contributed by atoms with van der Waals surface area (Å²) in [6.45, 7) is 5.18. The van der Waals surface area contributed by atoms with Crippen molar-refractivity contribution in [2.45, 2.75) is 20.4 Å². The molecule has 1 aromatic rings. The maximum absolute atomic E-state index is 10.4. The maximum atomic E-state index is 10.4. The normalized spacial score (nSPS) is 10.5. The van der Waals surface area contributed by atoms with Gasteiger partial charge in [-0.05, 0) is 18.1 Å². The third-order valence-electron chi connectivity index (χ3n) is 1.55. The van der Waals surface area contributed by atoms with Gasteiger partial charge in [-0.15, -0.1) is 0 Å². The number of hydrogen-bond acceptors (Lipinski definition) is 1. The second kappa shape index (κ2) is 3.37. The lowest BCUT2D eigenvalue weighted by Gasteiger charge is -2.07. The molecule has 0 radical (unpaired) electrons. The molecular formula is C9H13NO. The number of rotatable bonds is 3. The highest BCUT2D eigenvalue weighted by atomic mass is 16.1. The van der Waals surface area contributed by atoms with Gasteiger partial charge in [-0.25, -0.2) is 0 Å². The molecule has 0 spiro atoms. The van der Waals surface area contributed by atoms with Gasteiger partial charge >= 0.3 is 0 Å². The molecule has 0 N–H and O–H groups in total. The Morgan fingerprint density at radius 3 is 2.91 bits per heavy atom. The summed E-state index contributed by atoms with van der Waals surface area (Å²) in [7, 11) is 0. The summed E-state index contributed by atoms with van der Waals surface area (Å²) in [5.41, 5.74) is 0.763. The number of aldehydes is 1. The van der Waals surface area contributed by atoms with Crippen LogP contribution in [-0.2, 0) is 6.54 Å². The van der Waals surface area contributed by atoms with Gasteiger partial charge in [0.05, 0.1) is 5.69 Å². The highest BCUT2D eigenvalue weighted by molar-refractivity contribution is 5.72. The van der Waals surface area contributed by atoms with E-state index >= 15 is 0 Å². The van der Waals surface area contributed by atoms with E-state index in [9.17, 15) is 4.79 Å². The van der Waals surface area contributed by atoms with Crippen LogP contribution >= 0.6 is 0 Å². The van der Waals surface area contributed by atoms with Crippen molar-refractivity contribution in [3.63, 3.8) is 0 Å². The topological polar surface area (TPSA) is 22.0 Å². The van der Waals surface area contributed by atoms with E-state index in [1.54, 1.807) is 0 Å². The van der Waals surface area contributed by atoms with E-state index in [-0.39, 0.29) is 0 Å². The predicted octanol–water partition coefficient (Wildman–Crippen LogP) is 1.96. The van der Waals surface area contributed by atoms with Crippen molar-refractivity contribution in [3.8, 4) is 0 Å². The van der Waals surface area contributed by atoms with Crippen molar-refractivity contribution in [3.05, 3.63) is 24.0 Å². The smallest absolute Gasteiger partial charge is 0.166 e. The van der Waals surface area contributed by atoms with Gasteiger partial charge in [0.1, 0.15) is 0 Å². The molecule has 1 aromatic heterocycles. The van der Waals surface area contributed by atoms with Gasteiger partial charge in [0.15, 0.2) is 6.29 Å². The van der Waals surface area contributed by atoms with Crippen LogP contribution in [-0.4, -0.2) is 10.9 Å². The molecular weight excluding hydrogens is 138 g/mol. The molecule has 0 aliphatic carbocycles. The average molecular weight is 151 g/mol.